The summed E-state index contributed by atoms with van der Waals surface area (Å²) < 4.78 is 2.71. The van der Waals surface area contributed by atoms with E-state index in [0.29, 0.717) is 23.0 Å². The third-order valence-corrected chi connectivity index (χ3v) is 9.64. The van der Waals surface area contributed by atoms with Gasteiger partial charge in [0.2, 0.25) is 11.8 Å². The van der Waals surface area contributed by atoms with Crippen molar-refractivity contribution in [3.8, 4) is 16.3 Å². The Morgan fingerprint density at radius 1 is 1.18 bits per heavy atom. The van der Waals surface area contributed by atoms with E-state index in [9.17, 15) is 14.7 Å². The lowest BCUT2D eigenvalue weighted by Gasteiger charge is -2.40. The van der Waals surface area contributed by atoms with Crippen molar-refractivity contribution in [2.24, 2.45) is 18.4 Å². The number of aryl methyl sites for hydroxylation is 2. The van der Waals surface area contributed by atoms with Crippen molar-refractivity contribution in [3.63, 3.8) is 0 Å². The summed E-state index contributed by atoms with van der Waals surface area (Å²) in [5.41, 5.74) is 2.51. The summed E-state index contributed by atoms with van der Waals surface area (Å²) in [4.78, 5) is 30.4. The number of nitrogens with zero attached hydrogens (tertiary/aromatic N) is 3. The number of aromatic hydroxyl groups is 1. The Morgan fingerprint density at radius 2 is 1.92 bits per heavy atom. The van der Waals surface area contributed by atoms with Gasteiger partial charge in [0, 0.05) is 28.8 Å². The number of halogens is 1. The lowest BCUT2D eigenvalue weighted by atomic mass is 9.60. The van der Waals surface area contributed by atoms with E-state index < -0.39 is 11.3 Å². The number of aromatic nitrogens is 2. The maximum absolute atomic E-state index is 14.3. The van der Waals surface area contributed by atoms with E-state index >= 15 is 0 Å². The van der Waals surface area contributed by atoms with Crippen LogP contribution in [0.25, 0.3) is 20.7 Å². The number of phenolic OH excluding ortho intramolecular Hbond substituents is 1. The SMILES string of the molecule is C=CC1=CCC2C(=O)N(c3cc(-c4sc5ccc(Cl)cc5c4C)nn3C)C(=O)C2(C)C1c1ccc(O)cc1. The number of imide groups is 1. The number of anilines is 1. The molecule has 2 amide bonds. The number of fused-ring (bicyclic) bond motifs is 2. The molecule has 192 valence electrons. The van der Waals surface area contributed by atoms with Crippen molar-refractivity contribution in [3.05, 3.63) is 89.0 Å². The van der Waals surface area contributed by atoms with Gasteiger partial charge in [-0.15, -0.1) is 11.3 Å². The van der Waals surface area contributed by atoms with Crippen molar-refractivity contribution in [2.45, 2.75) is 26.2 Å². The number of thiophene rings is 1. The minimum absolute atomic E-state index is 0.145. The summed E-state index contributed by atoms with van der Waals surface area (Å²) in [5, 5.41) is 16.3. The smallest absolute Gasteiger partial charge is 0.242 e. The highest BCUT2D eigenvalue weighted by molar-refractivity contribution is 7.22. The monoisotopic (exact) mass is 543 g/mol. The van der Waals surface area contributed by atoms with Crippen LogP contribution in [0.15, 0.2) is 72.8 Å². The molecule has 3 heterocycles. The van der Waals surface area contributed by atoms with Gasteiger partial charge in [-0.2, -0.15) is 5.10 Å². The number of allylic oxidation sites excluding steroid dienone is 3. The first-order valence-corrected chi connectivity index (χ1v) is 13.6. The van der Waals surface area contributed by atoms with E-state index in [-0.39, 0.29) is 23.5 Å². The summed E-state index contributed by atoms with van der Waals surface area (Å²) in [6.07, 6.45) is 4.22. The third kappa shape index (κ3) is 3.42. The van der Waals surface area contributed by atoms with Crippen LogP contribution in [0, 0.1) is 18.3 Å². The van der Waals surface area contributed by atoms with Crippen molar-refractivity contribution < 1.29 is 14.7 Å². The van der Waals surface area contributed by atoms with Gasteiger partial charge < -0.3 is 5.11 Å². The molecular formula is C30H26ClN3O3S. The van der Waals surface area contributed by atoms with Crippen LogP contribution in [-0.2, 0) is 16.6 Å². The Hall–Kier alpha value is -3.68. The van der Waals surface area contributed by atoms with E-state index in [2.05, 4.69) is 6.58 Å². The van der Waals surface area contributed by atoms with Crippen LogP contribution in [0.3, 0.4) is 0 Å². The molecule has 1 saturated heterocycles. The average Bonchev–Trinajstić information content (AvgIpc) is 3.49. The Morgan fingerprint density at radius 3 is 2.63 bits per heavy atom. The molecule has 1 fully saturated rings. The molecule has 0 bridgehead atoms. The van der Waals surface area contributed by atoms with E-state index in [4.69, 9.17) is 16.7 Å². The molecule has 1 aliphatic carbocycles. The van der Waals surface area contributed by atoms with Gasteiger partial charge >= 0.3 is 0 Å². The molecule has 0 saturated carbocycles. The van der Waals surface area contributed by atoms with Gasteiger partial charge in [-0.3, -0.25) is 14.3 Å². The number of hydrogen-bond donors (Lipinski definition) is 1. The summed E-state index contributed by atoms with van der Waals surface area (Å²) >= 11 is 7.84. The number of rotatable bonds is 4. The van der Waals surface area contributed by atoms with Gasteiger partial charge in [0.1, 0.15) is 17.3 Å². The molecule has 4 aromatic rings. The van der Waals surface area contributed by atoms with Gasteiger partial charge in [-0.05, 0) is 72.7 Å². The molecule has 2 aliphatic rings. The zero-order valence-corrected chi connectivity index (χ0v) is 22.8. The molecule has 6 nitrogen and oxygen atoms in total. The van der Waals surface area contributed by atoms with E-state index in [1.165, 1.54) is 4.90 Å². The molecule has 0 radical (unpaired) electrons. The fourth-order valence-electron chi connectivity index (χ4n) is 6.13. The van der Waals surface area contributed by atoms with Gasteiger partial charge in [-0.25, -0.2) is 4.90 Å². The van der Waals surface area contributed by atoms with Crippen molar-refractivity contribution in [1.82, 2.24) is 9.78 Å². The Balaban J connectivity index is 1.44. The number of carbonyl (C=O) groups excluding carboxylic acids is 2. The normalized spacial score (nSPS) is 23.2. The molecule has 3 atom stereocenters. The predicted octanol–water partition coefficient (Wildman–Crippen LogP) is 6.76. The zero-order valence-electron chi connectivity index (χ0n) is 21.2. The van der Waals surface area contributed by atoms with Crippen LogP contribution in [0.4, 0.5) is 5.82 Å². The zero-order chi connectivity index (χ0) is 26.9. The van der Waals surface area contributed by atoms with Crippen molar-refractivity contribution in [2.75, 3.05) is 4.90 Å². The molecule has 1 aliphatic heterocycles. The van der Waals surface area contributed by atoms with E-state index in [1.54, 1.807) is 41.3 Å². The lowest BCUT2D eigenvalue weighted by Crippen LogP contribution is -2.41. The molecule has 1 N–H and O–H groups in total. The molecule has 3 unspecified atom stereocenters. The van der Waals surface area contributed by atoms with E-state index in [0.717, 1.165) is 31.7 Å². The van der Waals surface area contributed by atoms with Crippen LogP contribution < -0.4 is 4.90 Å². The van der Waals surface area contributed by atoms with Crippen LogP contribution >= 0.6 is 22.9 Å². The second kappa shape index (κ2) is 8.68. The number of hydrogen-bond acceptors (Lipinski definition) is 5. The molecule has 38 heavy (non-hydrogen) atoms. The first-order valence-electron chi connectivity index (χ1n) is 12.4. The van der Waals surface area contributed by atoms with E-state index in [1.807, 2.05) is 56.3 Å². The maximum atomic E-state index is 14.3. The maximum Gasteiger partial charge on any atom is 0.242 e. The average molecular weight is 544 g/mol. The van der Waals surface area contributed by atoms with Crippen molar-refractivity contribution >= 4 is 50.7 Å². The van der Waals surface area contributed by atoms with Crippen LogP contribution in [-0.4, -0.2) is 26.7 Å². The van der Waals surface area contributed by atoms with Crippen LogP contribution in [0.5, 0.6) is 5.75 Å². The summed E-state index contributed by atoms with van der Waals surface area (Å²) in [5.74, 6) is -0.785. The second-order valence-corrected chi connectivity index (χ2v) is 11.7. The first kappa shape index (κ1) is 24.6. The Bertz CT molecular complexity index is 1680. The topological polar surface area (TPSA) is 75.4 Å². The Kier molecular flexibility index (Phi) is 5.63. The second-order valence-electron chi connectivity index (χ2n) is 10.2. The van der Waals surface area contributed by atoms with Crippen LogP contribution in [0.2, 0.25) is 5.02 Å². The number of phenols is 1. The fourth-order valence-corrected chi connectivity index (χ4v) is 7.45. The molecule has 8 heteroatoms. The highest BCUT2D eigenvalue weighted by Crippen LogP contribution is 2.57. The Labute approximate surface area is 229 Å². The molecule has 2 aromatic heterocycles. The molecule has 2 aromatic carbocycles. The minimum atomic E-state index is -1.01. The minimum Gasteiger partial charge on any atom is -0.508 e. The van der Waals surface area contributed by atoms with Gasteiger partial charge in [0.25, 0.3) is 0 Å². The molecule has 0 spiro atoms. The first-order chi connectivity index (χ1) is 18.1. The lowest BCUT2D eigenvalue weighted by molar-refractivity contribution is -0.127. The highest BCUT2D eigenvalue weighted by atomic mass is 35.5. The summed E-state index contributed by atoms with van der Waals surface area (Å²) in [6, 6.07) is 14.5. The fraction of sp³-hybridized carbons (Fsp3) is 0.233. The van der Waals surface area contributed by atoms with Gasteiger partial charge in [-0.1, -0.05) is 42.5 Å². The third-order valence-electron chi connectivity index (χ3n) is 8.11. The number of amides is 2. The van der Waals surface area contributed by atoms with Gasteiger partial charge in [0.05, 0.1) is 16.2 Å². The summed E-state index contributed by atoms with van der Waals surface area (Å²) in [6.45, 7) is 7.89. The standard InChI is InChI=1S/C30H26ClN3O3S/c1-5-17-8-12-22-28(36)34(29(37)30(22,3)26(17)18-6-10-20(35)11-7-18)25-15-23(32-33(25)4)27-16(2)21-14-19(31)9-13-24(21)38-27/h5-11,13-15,22,26,35H,1,12H2,2-4H3. The molecular weight excluding hydrogens is 518 g/mol. The molecule has 6 rings (SSSR count). The quantitative estimate of drug-likeness (QED) is 0.288. The van der Waals surface area contributed by atoms with Gasteiger partial charge in [0.15, 0.2) is 0 Å². The number of benzene rings is 2. The largest absolute Gasteiger partial charge is 0.508 e. The van der Waals surface area contributed by atoms with Crippen LogP contribution in [0.1, 0.15) is 30.4 Å². The summed E-state index contributed by atoms with van der Waals surface area (Å²) in [7, 11) is 1.76. The highest BCUT2D eigenvalue weighted by Gasteiger charge is 2.62. The predicted molar refractivity (Wildman–Crippen MR) is 152 cm³/mol. The number of carbonyl (C=O) groups is 2. The van der Waals surface area contributed by atoms with Crippen molar-refractivity contribution in [1.29, 1.82) is 0 Å².